The molecule has 1 N–H and O–H groups in total. The van der Waals surface area contributed by atoms with Crippen molar-refractivity contribution in [3.63, 3.8) is 0 Å². The van der Waals surface area contributed by atoms with Crippen molar-refractivity contribution < 1.29 is 22.7 Å². The van der Waals surface area contributed by atoms with E-state index < -0.39 is 11.7 Å². The lowest BCUT2D eigenvalue weighted by atomic mass is 10.00. The van der Waals surface area contributed by atoms with Gasteiger partial charge in [-0.3, -0.25) is 9.79 Å². The minimum atomic E-state index is -4.39. The quantitative estimate of drug-likeness (QED) is 0.821. The van der Waals surface area contributed by atoms with Crippen molar-refractivity contribution >= 4 is 12.1 Å². The number of fused-ring (bicyclic) bond motifs is 1. The lowest BCUT2D eigenvalue weighted by Gasteiger charge is -2.32. The largest absolute Gasteiger partial charge is 0.491 e. The van der Waals surface area contributed by atoms with E-state index in [9.17, 15) is 18.0 Å². The Morgan fingerprint density at radius 1 is 1.17 bits per heavy atom. The van der Waals surface area contributed by atoms with Crippen LogP contribution in [0, 0.1) is 0 Å². The Hall–Kier alpha value is -3.29. The van der Waals surface area contributed by atoms with Crippen molar-refractivity contribution in [3.05, 3.63) is 65.9 Å². The molecule has 0 aliphatic carbocycles. The number of carbonyl (C=O) groups excluding carboxylic acids is 1. The van der Waals surface area contributed by atoms with Crippen LogP contribution in [0.1, 0.15) is 22.8 Å². The van der Waals surface area contributed by atoms with Gasteiger partial charge in [0.2, 0.25) is 0 Å². The lowest BCUT2D eigenvalue weighted by Crippen LogP contribution is -2.50. The van der Waals surface area contributed by atoms with Gasteiger partial charge in [0, 0.05) is 6.21 Å². The van der Waals surface area contributed by atoms with E-state index in [1.54, 1.807) is 41.6 Å². The first kappa shape index (κ1) is 20.0. The standard InChI is InChI=1S/C22H20F3N3O2/c1-14(20-26-9-2-10-27-20)28-11-12-30-19-8-5-16(13-18(19)21(28)29)15-3-6-17(7-4-15)22(23,24)25/h2-10,13-14,20,26H,11-12H2,1H3. The first-order valence-electron chi connectivity index (χ1n) is 9.54. The Kier molecular flexibility index (Phi) is 5.24. The molecule has 30 heavy (non-hydrogen) atoms. The second-order valence-corrected chi connectivity index (χ2v) is 7.14. The third-order valence-corrected chi connectivity index (χ3v) is 5.25. The van der Waals surface area contributed by atoms with Crippen LogP contribution in [0.3, 0.4) is 0 Å². The molecule has 0 saturated carbocycles. The molecule has 5 nitrogen and oxygen atoms in total. The number of ether oxygens (including phenoxy) is 1. The van der Waals surface area contributed by atoms with Gasteiger partial charge in [0.15, 0.2) is 0 Å². The summed E-state index contributed by atoms with van der Waals surface area (Å²) in [5, 5.41) is 3.13. The predicted molar refractivity (Wildman–Crippen MR) is 107 cm³/mol. The highest BCUT2D eigenvalue weighted by molar-refractivity contribution is 5.98. The van der Waals surface area contributed by atoms with Crippen LogP contribution < -0.4 is 10.1 Å². The van der Waals surface area contributed by atoms with Gasteiger partial charge in [0.05, 0.1) is 23.7 Å². The predicted octanol–water partition coefficient (Wildman–Crippen LogP) is 4.11. The van der Waals surface area contributed by atoms with E-state index in [1.165, 1.54) is 12.1 Å². The molecule has 8 heteroatoms. The number of hydrogen-bond donors (Lipinski definition) is 1. The van der Waals surface area contributed by atoms with Crippen LogP contribution in [0.25, 0.3) is 11.1 Å². The van der Waals surface area contributed by atoms with E-state index in [4.69, 9.17) is 4.74 Å². The van der Waals surface area contributed by atoms with E-state index in [0.717, 1.165) is 12.1 Å². The maximum Gasteiger partial charge on any atom is 0.416 e. The number of allylic oxidation sites excluding steroid dienone is 1. The van der Waals surface area contributed by atoms with Gasteiger partial charge < -0.3 is 15.0 Å². The average molecular weight is 415 g/mol. The van der Waals surface area contributed by atoms with Gasteiger partial charge in [-0.1, -0.05) is 18.2 Å². The third-order valence-electron chi connectivity index (χ3n) is 5.25. The monoisotopic (exact) mass is 415 g/mol. The molecular formula is C22H20F3N3O2. The normalized spacial score (nSPS) is 19.5. The summed E-state index contributed by atoms with van der Waals surface area (Å²) < 4.78 is 44.2. The number of aliphatic imine (C=N–C) groups is 1. The molecule has 2 aliphatic rings. The molecule has 2 heterocycles. The minimum Gasteiger partial charge on any atom is -0.491 e. The van der Waals surface area contributed by atoms with Crippen molar-refractivity contribution in [3.8, 4) is 16.9 Å². The van der Waals surface area contributed by atoms with Crippen molar-refractivity contribution in [1.29, 1.82) is 0 Å². The molecule has 0 radical (unpaired) electrons. The molecule has 2 aliphatic heterocycles. The molecule has 2 aromatic carbocycles. The summed E-state index contributed by atoms with van der Waals surface area (Å²) in [5.41, 5.74) is 0.902. The number of nitrogens with zero attached hydrogens (tertiary/aromatic N) is 2. The van der Waals surface area contributed by atoms with Gasteiger partial charge in [-0.2, -0.15) is 13.2 Å². The van der Waals surface area contributed by atoms with Gasteiger partial charge in [-0.15, -0.1) is 0 Å². The van der Waals surface area contributed by atoms with Gasteiger partial charge in [0.1, 0.15) is 18.5 Å². The summed E-state index contributed by atoms with van der Waals surface area (Å²) in [6.45, 7) is 2.66. The SMILES string of the molecule is CC(C1N=CC=CN1)N1CCOc2ccc(-c3ccc(C(F)(F)F)cc3)cc2C1=O. The maximum atomic E-state index is 13.3. The summed E-state index contributed by atoms with van der Waals surface area (Å²) in [4.78, 5) is 19.4. The number of nitrogens with one attached hydrogen (secondary N) is 1. The summed E-state index contributed by atoms with van der Waals surface area (Å²) in [5.74, 6) is 0.265. The van der Waals surface area contributed by atoms with E-state index >= 15 is 0 Å². The molecule has 0 fully saturated rings. The maximum absolute atomic E-state index is 13.3. The van der Waals surface area contributed by atoms with Crippen molar-refractivity contribution in [2.45, 2.75) is 25.3 Å². The highest BCUT2D eigenvalue weighted by atomic mass is 19.4. The second kappa shape index (κ2) is 7.85. The summed E-state index contributed by atoms with van der Waals surface area (Å²) >= 11 is 0. The second-order valence-electron chi connectivity index (χ2n) is 7.14. The zero-order valence-corrected chi connectivity index (χ0v) is 16.2. The fraction of sp³-hybridized carbons (Fsp3) is 0.273. The van der Waals surface area contributed by atoms with Crippen LogP contribution in [0.2, 0.25) is 0 Å². The third kappa shape index (κ3) is 3.90. The van der Waals surface area contributed by atoms with E-state index in [2.05, 4.69) is 10.3 Å². The van der Waals surface area contributed by atoms with Crippen molar-refractivity contribution in [2.75, 3.05) is 13.2 Å². The molecule has 2 atom stereocenters. The summed E-state index contributed by atoms with van der Waals surface area (Å²) in [6, 6.07) is 9.76. The molecule has 0 spiro atoms. The highest BCUT2D eigenvalue weighted by Crippen LogP contribution is 2.33. The Morgan fingerprint density at radius 2 is 1.90 bits per heavy atom. The molecular weight excluding hydrogens is 395 g/mol. The Morgan fingerprint density at radius 3 is 2.57 bits per heavy atom. The van der Waals surface area contributed by atoms with Crippen LogP contribution in [0.15, 0.2) is 59.7 Å². The number of hydrogen-bond acceptors (Lipinski definition) is 4. The lowest BCUT2D eigenvalue weighted by molar-refractivity contribution is -0.137. The van der Waals surface area contributed by atoms with E-state index in [0.29, 0.717) is 35.6 Å². The number of alkyl halides is 3. The fourth-order valence-corrected chi connectivity index (χ4v) is 3.57. The van der Waals surface area contributed by atoms with Crippen LogP contribution in [0.5, 0.6) is 5.75 Å². The topological polar surface area (TPSA) is 53.9 Å². The molecule has 156 valence electrons. The van der Waals surface area contributed by atoms with Gasteiger partial charge in [-0.25, -0.2) is 0 Å². The molecule has 0 saturated heterocycles. The number of halogens is 3. The number of rotatable bonds is 3. The molecule has 0 bridgehead atoms. The van der Waals surface area contributed by atoms with Crippen LogP contribution in [0.4, 0.5) is 13.2 Å². The first-order valence-corrected chi connectivity index (χ1v) is 9.54. The Bertz CT molecular complexity index is 1000. The minimum absolute atomic E-state index is 0.199. The number of carbonyl (C=O) groups is 1. The van der Waals surface area contributed by atoms with Gasteiger partial charge in [-0.05, 0) is 54.6 Å². The van der Waals surface area contributed by atoms with Crippen LogP contribution in [-0.4, -0.2) is 42.4 Å². The molecule has 4 rings (SSSR count). The number of benzene rings is 2. The molecule has 2 aromatic rings. The highest BCUT2D eigenvalue weighted by Gasteiger charge is 2.32. The van der Waals surface area contributed by atoms with Gasteiger partial charge >= 0.3 is 6.18 Å². The van der Waals surface area contributed by atoms with Gasteiger partial charge in [0.25, 0.3) is 5.91 Å². The number of amides is 1. The van der Waals surface area contributed by atoms with Crippen molar-refractivity contribution in [1.82, 2.24) is 10.2 Å². The Balaban J connectivity index is 1.63. The van der Waals surface area contributed by atoms with E-state index in [-0.39, 0.29) is 18.1 Å². The fourth-order valence-electron chi connectivity index (χ4n) is 3.57. The van der Waals surface area contributed by atoms with Crippen LogP contribution in [-0.2, 0) is 6.18 Å². The Labute approximate surface area is 171 Å². The summed E-state index contributed by atoms with van der Waals surface area (Å²) in [6.07, 6.45) is 0.592. The zero-order chi connectivity index (χ0) is 21.3. The van der Waals surface area contributed by atoms with E-state index in [1.807, 2.05) is 6.92 Å². The average Bonchev–Trinajstić information content (AvgIpc) is 2.92. The molecule has 0 aromatic heterocycles. The zero-order valence-electron chi connectivity index (χ0n) is 16.2. The first-order chi connectivity index (χ1) is 14.3. The molecule has 2 unspecified atom stereocenters. The molecule has 1 amide bonds. The summed E-state index contributed by atoms with van der Waals surface area (Å²) in [7, 11) is 0. The van der Waals surface area contributed by atoms with Crippen molar-refractivity contribution in [2.24, 2.45) is 4.99 Å². The van der Waals surface area contributed by atoms with Crippen LogP contribution >= 0.6 is 0 Å². The smallest absolute Gasteiger partial charge is 0.416 e.